The van der Waals surface area contributed by atoms with Gasteiger partial charge in [0.25, 0.3) is 0 Å². The second-order valence-electron chi connectivity index (χ2n) is 9.26. The van der Waals surface area contributed by atoms with Crippen LogP contribution < -0.4 is 13.6 Å². The first-order valence-electron chi connectivity index (χ1n) is 15.1. The molecule has 46 heavy (non-hydrogen) atoms. The van der Waals surface area contributed by atoms with Gasteiger partial charge in [0.2, 0.25) is 0 Å². The Hall–Kier alpha value is -2.49. The summed E-state index contributed by atoms with van der Waals surface area (Å²) in [6, 6.07) is 21.1. The molecule has 0 atom stereocenters. The molecule has 0 saturated carbocycles. The average Bonchev–Trinajstić information content (AvgIpc) is 3.00. The highest BCUT2D eigenvalue weighted by Crippen LogP contribution is 2.51. The maximum absolute atomic E-state index is 12.9. The van der Waals surface area contributed by atoms with Crippen molar-refractivity contribution >= 4 is 23.5 Å². The van der Waals surface area contributed by atoms with Gasteiger partial charge in [0.1, 0.15) is 17.2 Å². The first kappa shape index (κ1) is 38.0. The fourth-order valence-electron chi connectivity index (χ4n) is 4.35. The average molecular weight is 701 g/mol. The van der Waals surface area contributed by atoms with E-state index >= 15 is 0 Å². The molecule has 0 fully saturated rings. The molecule has 0 spiro atoms. The Kier molecular flexibility index (Phi) is 15.0. The minimum atomic E-state index is -3.78. The van der Waals surface area contributed by atoms with Gasteiger partial charge in [0.15, 0.2) is 0 Å². The minimum absolute atomic E-state index is 0.159. The highest BCUT2D eigenvalue weighted by Gasteiger charge is 2.30. The maximum Gasteiger partial charge on any atom is 0.530 e. The largest absolute Gasteiger partial charge is 0.530 e. The van der Waals surface area contributed by atoms with Crippen LogP contribution in [0.25, 0.3) is 0 Å². The molecule has 0 N–H and O–H groups in total. The summed E-state index contributed by atoms with van der Waals surface area (Å²) in [4.78, 5) is 0. The molecule has 0 amide bonds. The molecule has 12 nitrogen and oxygen atoms in total. The zero-order valence-electron chi connectivity index (χ0n) is 27.0. The molecule has 0 aliphatic heterocycles. The lowest BCUT2D eigenvalue weighted by molar-refractivity contribution is 0.166. The van der Waals surface area contributed by atoms with E-state index in [9.17, 15) is 13.7 Å². The molecule has 3 aromatic rings. The standard InChI is InChI=1S/C31H43O12P3/c1-7-35-44(32,36-8-2)41-28-19-13-25(14-20-28)31(26-15-21-29(22-16-26)42-45(33,37-9-3)38-10-4)27-17-23-30(24-18-27)43-46(34,39-11-5)40-12-6/h13-24,31H,7-12H2,1-6H3. The normalized spacial score (nSPS) is 12.3. The van der Waals surface area contributed by atoms with Crippen LogP contribution in [-0.4, -0.2) is 39.6 Å². The van der Waals surface area contributed by atoms with Gasteiger partial charge < -0.3 is 13.6 Å². The van der Waals surface area contributed by atoms with Crippen molar-refractivity contribution in [1.82, 2.24) is 0 Å². The fourth-order valence-corrected chi connectivity index (χ4v) is 7.92. The molecule has 0 aliphatic carbocycles. The molecule has 0 radical (unpaired) electrons. The van der Waals surface area contributed by atoms with Crippen LogP contribution in [0, 0.1) is 0 Å². The molecular formula is C31H43O12P3. The van der Waals surface area contributed by atoms with Crippen molar-refractivity contribution in [3.63, 3.8) is 0 Å². The summed E-state index contributed by atoms with van der Waals surface area (Å²) >= 11 is 0. The lowest BCUT2D eigenvalue weighted by Crippen LogP contribution is -2.06. The summed E-state index contributed by atoms with van der Waals surface area (Å²) in [5.74, 6) is 0.611. The molecule has 0 bridgehead atoms. The van der Waals surface area contributed by atoms with Crippen LogP contribution >= 0.6 is 23.5 Å². The molecule has 0 saturated heterocycles. The van der Waals surface area contributed by atoms with E-state index in [0.29, 0.717) is 17.2 Å². The van der Waals surface area contributed by atoms with Crippen molar-refractivity contribution in [3.05, 3.63) is 89.5 Å². The van der Waals surface area contributed by atoms with Gasteiger partial charge in [-0.05, 0) is 94.6 Å². The third-order valence-corrected chi connectivity index (χ3v) is 10.8. The summed E-state index contributed by atoms with van der Waals surface area (Å²) < 4.78 is 87.1. The van der Waals surface area contributed by atoms with E-state index < -0.39 is 23.5 Å². The summed E-state index contributed by atoms with van der Waals surface area (Å²) in [5.41, 5.74) is 2.59. The summed E-state index contributed by atoms with van der Waals surface area (Å²) in [7, 11) is -11.3. The summed E-state index contributed by atoms with van der Waals surface area (Å²) in [5, 5.41) is 0. The second-order valence-corrected chi connectivity index (χ2v) is 14.0. The van der Waals surface area contributed by atoms with Crippen molar-refractivity contribution in [2.75, 3.05) is 39.6 Å². The smallest absolute Gasteiger partial charge is 0.404 e. The molecule has 3 rings (SSSR count). The fraction of sp³-hybridized carbons (Fsp3) is 0.419. The number of hydrogen-bond acceptors (Lipinski definition) is 12. The van der Waals surface area contributed by atoms with Gasteiger partial charge in [-0.2, -0.15) is 0 Å². The summed E-state index contributed by atoms with van der Waals surface area (Å²) in [6.07, 6.45) is 0. The van der Waals surface area contributed by atoms with E-state index in [1.165, 1.54) is 0 Å². The molecule has 0 aliphatic rings. The molecule has 0 unspecified atom stereocenters. The Morgan fingerprint density at radius 3 is 0.761 bits per heavy atom. The first-order valence-corrected chi connectivity index (χ1v) is 19.5. The zero-order valence-corrected chi connectivity index (χ0v) is 29.7. The Bertz CT molecular complexity index is 1270. The van der Waals surface area contributed by atoms with Gasteiger partial charge in [-0.25, -0.2) is 13.7 Å². The van der Waals surface area contributed by atoms with Crippen LogP contribution in [0.15, 0.2) is 72.8 Å². The van der Waals surface area contributed by atoms with Gasteiger partial charge in [-0.1, -0.05) is 36.4 Å². The third kappa shape index (κ3) is 11.1. The van der Waals surface area contributed by atoms with E-state index in [4.69, 9.17) is 40.7 Å². The Labute approximate surface area is 271 Å². The Morgan fingerprint density at radius 1 is 0.391 bits per heavy atom. The Morgan fingerprint density at radius 2 is 0.587 bits per heavy atom. The highest BCUT2D eigenvalue weighted by atomic mass is 31.2. The highest BCUT2D eigenvalue weighted by molar-refractivity contribution is 7.49. The van der Waals surface area contributed by atoms with Crippen LogP contribution in [0.4, 0.5) is 0 Å². The predicted octanol–water partition coefficient (Wildman–Crippen LogP) is 9.55. The number of phosphoric acid groups is 3. The van der Waals surface area contributed by atoms with Crippen molar-refractivity contribution in [2.24, 2.45) is 0 Å². The number of phosphoric ester groups is 3. The van der Waals surface area contributed by atoms with Crippen LogP contribution in [0.1, 0.15) is 64.2 Å². The van der Waals surface area contributed by atoms with Gasteiger partial charge in [-0.15, -0.1) is 0 Å². The molecule has 0 heterocycles. The molecule has 0 aromatic heterocycles. The van der Waals surface area contributed by atoms with E-state index in [-0.39, 0.29) is 45.6 Å². The van der Waals surface area contributed by atoms with Crippen molar-refractivity contribution < 1.29 is 54.4 Å². The Balaban J connectivity index is 1.98. The van der Waals surface area contributed by atoms with Crippen molar-refractivity contribution in [3.8, 4) is 17.2 Å². The topological polar surface area (TPSA) is 134 Å². The summed E-state index contributed by atoms with van der Waals surface area (Å²) in [6.45, 7) is 11.2. The maximum atomic E-state index is 12.9. The molecule has 254 valence electrons. The molecule has 3 aromatic carbocycles. The van der Waals surface area contributed by atoms with Crippen LogP contribution in [0.3, 0.4) is 0 Å². The van der Waals surface area contributed by atoms with Gasteiger partial charge in [-0.3, -0.25) is 27.1 Å². The third-order valence-electron chi connectivity index (χ3n) is 6.02. The van der Waals surface area contributed by atoms with E-state index in [0.717, 1.165) is 16.7 Å². The first-order chi connectivity index (χ1) is 22.0. The van der Waals surface area contributed by atoms with Crippen molar-refractivity contribution in [1.29, 1.82) is 0 Å². The number of rotatable bonds is 21. The van der Waals surface area contributed by atoms with E-state index in [1.54, 1.807) is 77.9 Å². The number of hydrogen-bond donors (Lipinski definition) is 0. The van der Waals surface area contributed by atoms with Gasteiger partial charge in [0, 0.05) is 5.92 Å². The quantitative estimate of drug-likeness (QED) is 0.0774. The van der Waals surface area contributed by atoms with Crippen LogP contribution in [0.5, 0.6) is 17.2 Å². The van der Waals surface area contributed by atoms with E-state index in [1.807, 2.05) is 36.4 Å². The lowest BCUT2D eigenvalue weighted by Gasteiger charge is -2.22. The van der Waals surface area contributed by atoms with Gasteiger partial charge in [0.05, 0.1) is 39.6 Å². The SMILES string of the molecule is CCOP(=O)(OCC)Oc1ccc(C(c2ccc(OP(=O)(OCC)OCC)cc2)c2ccc(OP(=O)(OCC)OCC)cc2)cc1. The van der Waals surface area contributed by atoms with Crippen LogP contribution in [0.2, 0.25) is 0 Å². The number of benzene rings is 3. The minimum Gasteiger partial charge on any atom is -0.404 e. The monoisotopic (exact) mass is 700 g/mol. The predicted molar refractivity (Wildman–Crippen MR) is 175 cm³/mol. The zero-order chi connectivity index (χ0) is 33.6. The second kappa shape index (κ2) is 18.2. The van der Waals surface area contributed by atoms with Crippen molar-refractivity contribution in [2.45, 2.75) is 47.5 Å². The molecule has 15 heteroatoms. The van der Waals surface area contributed by atoms with Gasteiger partial charge >= 0.3 is 23.5 Å². The van der Waals surface area contributed by atoms with E-state index in [2.05, 4.69) is 0 Å². The van der Waals surface area contributed by atoms with Crippen LogP contribution in [-0.2, 0) is 40.8 Å². The lowest BCUT2D eigenvalue weighted by atomic mass is 9.85. The molecular weight excluding hydrogens is 657 g/mol.